The number of rotatable bonds is 7. The van der Waals surface area contributed by atoms with Crippen molar-refractivity contribution in [2.24, 2.45) is 5.92 Å². The van der Waals surface area contributed by atoms with E-state index in [9.17, 15) is 9.59 Å². The van der Waals surface area contributed by atoms with Gasteiger partial charge in [-0.2, -0.15) is 0 Å². The third-order valence-corrected chi connectivity index (χ3v) is 7.09. The predicted molar refractivity (Wildman–Crippen MR) is 127 cm³/mol. The van der Waals surface area contributed by atoms with Gasteiger partial charge in [-0.1, -0.05) is 49.4 Å². The second kappa shape index (κ2) is 10.3. The van der Waals surface area contributed by atoms with Crippen LogP contribution < -0.4 is 9.47 Å². The fourth-order valence-electron chi connectivity index (χ4n) is 5.19. The molecule has 1 heterocycles. The van der Waals surface area contributed by atoms with Gasteiger partial charge in [0.05, 0.1) is 14.2 Å². The van der Waals surface area contributed by atoms with Gasteiger partial charge in [-0.3, -0.25) is 9.59 Å². The van der Waals surface area contributed by atoms with Crippen molar-refractivity contribution in [1.82, 2.24) is 9.80 Å². The Morgan fingerprint density at radius 2 is 1.64 bits per heavy atom. The van der Waals surface area contributed by atoms with Gasteiger partial charge >= 0.3 is 0 Å². The molecule has 0 aromatic heterocycles. The van der Waals surface area contributed by atoms with E-state index in [1.807, 2.05) is 53.4 Å². The fraction of sp³-hybridized carbons (Fsp3) is 0.481. The zero-order chi connectivity index (χ0) is 23.4. The molecule has 1 aliphatic carbocycles. The van der Waals surface area contributed by atoms with Crippen LogP contribution >= 0.6 is 0 Å². The maximum Gasteiger partial charge on any atom is 0.250 e. The van der Waals surface area contributed by atoms with Gasteiger partial charge in [0.15, 0.2) is 11.5 Å². The summed E-state index contributed by atoms with van der Waals surface area (Å²) in [7, 11) is 3.16. The first-order valence-electron chi connectivity index (χ1n) is 11.9. The molecule has 4 rings (SSSR count). The molecule has 6 heteroatoms. The molecule has 0 bridgehead atoms. The molecule has 0 radical (unpaired) electrons. The van der Waals surface area contributed by atoms with Gasteiger partial charge in [0.1, 0.15) is 12.6 Å². The third-order valence-electron chi connectivity index (χ3n) is 7.09. The predicted octanol–water partition coefficient (Wildman–Crippen LogP) is 4.24. The van der Waals surface area contributed by atoms with Gasteiger partial charge in [-0.05, 0) is 49.7 Å². The zero-order valence-electron chi connectivity index (χ0n) is 19.8. The Labute approximate surface area is 196 Å². The number of benzene rings is 2. The van der Waals surface area contributed by atoms with Crippen LogP contribution in [-0.2, 0) is 16.0 Å². The minimum Gasteiger partial charge on any atom is -0.493 e. The Morgan fingerprint density at radius 3 is 2.30 bits per heavy atom. The van der Waals surface area contributed by atoms with Gasteiger partial charge in [-0.15, -0.1) is 0 Å². The molecule has 2 aliphatic rings. The fourth-order valence-corrected chi connectivity index (χ4v) is 5.19. The Bertz CT molecular complexity index is 969. The number of para-hydroxylation sites is 1. The number of carbonyl (C=O) groups is 2. The molecule has 1 saturated carbocycles. The normalized spacial score (nSPS) is 23.5. The highest BCUT2D eigenvalue weighted by molar-refractivity contribution is 5.96. The number of nitrogens with zero attached hydrogens (tertiary/aromatic N) is 2. The van der Waals surface area contributed by atoms with E-state index in [0.29, 0.717) is 35.9 Å². The summed E-state index contributed by atoms with van der Waals surface area (Å²) in [5, 5.41) is 0. The second-order valence-corrected chi connectivity index (χ2v) is 9.19. The highest BCUT2D eigenvalue weighted by atomic mass is 16.5. The molecule has 33 heavy (non-hydrogen) atoms. The average molecular weight is 451 g/mol. The van der Waals surface area contributed by atoms with Gasteiger partial charge in [0.2, 0.25) is 5.91 Å². The molecule has 2 fully saturated rings. The number of amides is 2. The van der Waals surface area contributed by atoms with E-state index in [-0.39, 0.29) is 24.4 Å². The largest absolute Gasteiger partial charge is 0.493 e. The van der Waals surface area contributed by atoms with E-state index in [1.165, 1.54) is 0 Å². The van der Waals surface area contributed by atoms with Crippen LogP contribution in [0.15, 0.2) is 48.5 Å². The summed E-state index contributed by atoms with van der Waals surface area (Å²) in [5.41, 5.74) is 1.81. The van der Waals surface area contributed by atoms with Crippen molar-refractivity contribution in [2.45, 2.75) is 51.1 Å². The van der Waals surface area contributed by atoms with Crippen LogP contribution in [0.2, 0.25) is 0 Å². The highest BCUT2D eigenvalue weighted by Gasteiger charge is 2.44. The Morgan fingerprint density at radius 1 is 0.909 bits per heavy atom. The van der Waals surface area contributed by atoms with Crippen molar-refractivity contribution in [3.8, 4) is 11.5 Å². The van der Waals surface area contributed by atoms with E-state index in [0.717, 1.165) is 31.2 Å². The number of piperazine rings is 1. The molecule has 1 aliphatic heterocycles. The van der Waals surface area contributed by atoms with Crippen molar-refractivity contribution in [1.29, 1.82) is 0 Å². The van der Waals surface area contributed by atoms with Crippen LogP contribution in [0.3, 0.4) is 0 Å². The second-order valence-electron chi connectivity index (χ2n) is 9.19. The molecule has 2 aromatic carbocycles. The first-order chi connectivity index (χ1) is 16.0. The van der Waals surface area contributed by atoms with E-state index in [2.05, 4.69) is 6.92 Å². The van der Waals surface area contributed by atoms with Crippen molar-refractivity contribution in [2.75, 3.05) is 27.3 Å². The molecule has 0 N–H and O–H groups in total. The molecule has 2 amide bonds. The summed E-state index contributed by atoms with van der Waals surface area (Å²) in [5.74, 6) is 1.71. The van der Waals surface area contributed by atoms with E-state index in [4.69, 9.17) is 9.47 Å². The van der Waals surface area contributed by atoms with Crippen LogP contribution in [0.4, 0.5) is 0 Å². The monoisotopic (exact) mass is 450 g/mol. The Balaban J connectivity index is 1.68. The molecule has 2 aromatic rings. The topological polar surface area (TPSA) is 59.1 Å². The van der Waals surface area contributed by atoms with E-state index < -0.39 is 6.04 Å². The van der Waals surface area contributed by atoms with Crippen molar-refractivity contribution < 1.29 is 19.1 Å². The smallest absolute Gasteiger partial charge is 0.250 e. The summed E-state index contributed by atoms with van der Waals surface area (Å²) < 4.78 is 11.2. The lowest BCUT2D eigenvalue weighted by Crippen LogP contribution is -2.59. The molecule has 6 nitrogen and oxygen atoms in total. The molecular formula is C27H34N2O4. The minimum absolute atomic E-state index is 0.0148. The lowest BCUT2D eigenvalue weighted by molar-refractivity contribution is -0.159. The summed E-state index contributed by atoms with van der Waals surface area (Å²) in [6.07, 6.45) is 4.77. The maximum absolute atomic E-state index is 14.0. The van der Waals surface area contributed by atoms with Crippen LogP contribution in [-0.4, -0.2) is 55.0 Å². The minimum atomic E-state index is -0.723. The standard InChI is InChI=1S/C27H34N2O4/c1-19-12-14-21(15-13-19)29-18-24(30)28(17-16-20-8-5-4-6-9-20)25(27(29)31)22-10-7-11-23(32-2)26(22)33-3/h4-11,19,21,25H,12-18H2,1-3H3. The van der Waals surface area contributed by atoms with Crippen molar-refractivity contribution >= 4 is 11.8 Å². The van der Waals surface area contributed by atoms with Gasteiger partial charge in [-0.25, -0.2) is 0 Å². The Hall–Kier alpha value is -3.02. The highest BCUT2D eigenvalue weighted by Crippen LogP contribution is 2.40. The molecule has 1 atom stereocenters. The molecule has 1 unspecified atom stereocenters. The SMILES string of the molecule is COc1cccc(C2C(=O)N(C3CCC(C)CC3)CC(=O)N2CCc2ccccc2)c1OC. The van der Waals surface area contributed by atoms with E-state index in [1.54, 1.807) is 19.1 Å². The summed E-state index contributed by atoms with van der Waals surface area (Å²) >= 11 is 0. The molecule has 176 valence electrons. The number of hydrogen-bond acceptors (Lipinski definition) is 4. The third kappa shape index (κ3) is 4.85. The summed E-state index contributed by atoms with van der Waals surface area (Å²) in [4.78, 5) is 31.0. The van der Waals surface area contributed by atoms with Crippen molar-refractivity contribution in [3.05, 3.63) is 59.7 Å². The molecule has 1 saturated heterocycles. The average Bonchev–Trinajstić information content (AvgIpc) is 2.85. The summed E-state index contributed by atoms with van der Waals surface area (Å²) in [6.45, 7) is 2.87. The lowest BCUT2D eigenvalue weighted by atomic mass is 9.85. The first-order valence-corrected chi connectivity index (χ1v) is 11.9. The molecular weight excluding hydrogens is 416 g/mol. The van der Waals surface area contributed by atoms with Gasteiger partial charge in [0, 0.05) is 18.2 Å². The zero-order valence-corrected chi connectivity index (χ0v) is 19.8. The van der Waals surface area contributed by atoms with Crippen LogP contribution in [0.1, 0.15) is 49.8 Å². The molecule has 0 spiro atoms. The number of ether oxygens (including phenoxy) is 2. The number of methoxy groups -OCH3 is 2. The first kappa shape index (κ1) is 23.1. The van der Waals surface area contributed by atoms with Crippen LogP contribution in [0.5, 0.6) is 11.5 Å². The van der Waals surface area contributed by atoms with Crippen molar-refractivity contribution in [3.63, 3.8) is 0 Å². The Kier molecular flexibility index (Phi) is 7.21. The quantitative estimate of drug-likeness (QED) is 0.633. The van der Waals surface area contributed by atoms with Crippen LogP contribution in [0, 0.1) is 5.92 Å². The van der Waals surface area contributed by atoms with E-state index >= 15 is 0 Å². The number of hydrogen-bond donors (Lipinski definition) is 0. The van der Waals surface area contributed by atoms with Gasteiger partial charge < -0.3 is 19.3 Å². The van der Waals surface area contributed by atoms with Crippen LogP contribution in [0.25, 0.3) is 0 Å². The summed E-state index contributed by atoms with van der Waals surface area (Å²) in [6, 6.07) is 15.0. The lowest BCUT2D eigenvalue weighted by Gasteiger charge is -2.45. The maximum atomic E-state index is 14.0. The van der Waals surface area contributed by atoms with Gasteiger partial charge in [0.25, 0.3) is 5.91 Å². The number of carbonyl (C=O) groups excluding carboxylic acids is 2.